The smallest absolute Gasteiger partial charge is 0.345 e. The van der Waals surface area contributed by atoms with Crippen LogP contribution in [0.1, 0.15) is 11.4 Å². The Labute approximate surface area is 168 Å². The summed E-state index contributed by atoms with van der Waals surface area (Å²) < 4.78 is 7.58. The van der Waals surface area contributed by atoms with Crippen molar-refractivity contribution in [3.05, 3.63) is 58.5 Å². The molecule has 0 bridgehead atoms. The van der Waals surface area contributed by atoms with E-state index in [2.05, 4.69) is 39.9 Å². The third kappa shape index (κ3) is 2.98. The molecule has 1 fully saturated rings. The van der Waals surface area contributed by atoms with E-state index < -0.39 is 0 Å². The Morgan fingerprint density at radius 2 is 1.90 bits per heavy atom. The van der Waals surface area contributed by atoms with Gasteiger partial charge in [-0.2, -0.15) is 0 Å². The van der Waals surface area contributed by atoms with Crippen molar-refractivity contribution in [2.75, 3.05) is 32.1 Å². The molecule has 7 nitrogen and oxygen atoms in total. The molecule has 0 saturated carbocycles. The Balaban J connectivity index is 1.53. The first-order chi connectivity index (χ1) is 13.9. The molecular weight excluding hydrogens is 366 g/mol. The Kier molecular flexibility index (Phi) is 3.96. The SMILES string of the molecule is Cc1cn2cc(-c3cc4ccc(N5CC(N(C)C)C5)cc4oc3=O)nc2c(C)n1. The zero-order chi connectivity index (χ0) is 20.3. The van der Waals surface area contributed by atoms with Crippen LogP contribution in [0.2, 0.25) is 0 Å². The van der Waals surface area contributed by atoms with Gasteiger partial charge in [0.2, 0.25) is 0 Å². The molecule has 1 aromatic carbocycles. The van der Waals surface area contributed by atoms with Crippen LogP contribution in [-0.2, 0) is 0 Å². The first-order valence-electron chi connectivity index (χ1n) is 9.71. The molecule has 0 N–H and O–H groups in total. The normalized spacial score (nSPS) is 14.9. The Bertz CT molecular complexity index is 1300. The van der Waals surface area contributed by atoms with E-state index in [1.807, 2.05) is 48.8 Å². The average molecular weight is 389 g/mol. The lowest BCUT2D eigenvalue weighted by atomic mass is 10.1. The minimum Gasteiger partial charge on any atom is -0.422 e. The highest BCUT2D eigenvalue weighted by Crippen LogP contribution is 2.28. The maximum absolute atomic E-state index is 12.7. The van der Waals surface area contributed by atoms with Gasteiger partial charge in [-0.05, 0) is 46.1 Å². The van der Waals surface area contributed by atoms with Crippen LogP contribution in [0.5, 0.6) is 0 Å². The van der Waals surface area contributed by atoms with Gasteiger partial charge in [-0.3, -0.25) is 4.98 Å². The molecule has 29 heavy (non-hydrogen) atoms. The molecule has 1 saturated heterocycles. The van der Waals surface area contributed by atoms with Gasteiger partial charge in [0.1, 0.15) is 5.58 Å². The molecule has 0 unspecified atom stereocenters. The third-order valence-corrected chi connectivity index (χ3v) is 5.68. The fourth-order valence-corrected chi connectivity index (χ4v) is 3.90. The Morgan fingerprint density at radius 1 is 1.10 bits per heavy atom. The summed E-state index contributed by atoms with van der Waals surface area (Å²) in [6, 6.07) is 8.47. The number of hydrogen-bond donors (Lipinski definition) is 0. The van der Waals surface area contributed by atoms with E-state index in [1.165, 1.54) is 0 Å². The number of nitrogens with zero attached hydrogens (tertiary/aromatic N) is 5. The zero-order valence-electron chi connectivity index (χ0n) is 17.0. The third-order valence-electron chi connectivity index (χ3n) is 5.68. The van der Waals surface area contributed by atoms with Gasteiger partial charge in [-0.25, -0.2) is 9.78 Å². The summed E-state index contributed by atoms with van der Waals surface area (Å²) in [5, 5.41) is 0.885. The zero-order valence-corrected chi connectivity index (χ0v) is 17.0. The highest BCUT2D eigenvalue weighted by Gasteiger charge is 2.28. The molecule has 0 atom stereocenters. The van der Waals surface area contributed by atoms with E-state index >= 15 is 0 Å². The number of imidazole rings is 1. The topological polar surface area (TPSA) is 66.9 Å². The molecular formula is C22H23N5O2. The summed E-state index contributed by atoms with van der Waals surface area (Å²) in [5.74, 6) is 0. The monoisotopic (exact) mass is 389 g/mol. The van der Waals surface area contributed by atoms with Crippen molar-refractivity contribution >= 4 is 22.3 Å². The molecule has 4 aromatic rings. The van der Waals surface area contributed by atoms with Gasteiger partial charge in [0.25, 0.3) is 0 Å². The maximum Gasteiger partial charge on any atom is 0.345 e. The van der Waals surface area contributed by atoms with E-state index in [0.717, 1.165) is 41.2 Å². The maximum atomic E-state index is 12.7. The van der Waals surface area contributed by atoms with Gasteiger partial charge in [0, 0.05) is 48.7 Å². The number of anilines is 1. The molecule has 7 heteroatoms. The summed E-state index contributed by atoms with van der Waals surface area (Å²) >= 11 is 0. The van der Waals surface area contributed by atoms with Gasteiger partial charge in [0.15, 0.2) is 5.65 Å². The van der Waals surface area contributed by atoms with E-state index in [1.54, 1.807) is 0 Å². The predicted octanol–water partition coefficient (Wildman–Crippen LogP) is 2.87. The van der Waals surface area contributed by atoms with Crippen LogP contribution in [0.25, 0.3) is 27.9 Å². The number of fused-ring (bicyclic) bond motifs is 2. The van der Waals surface area contributed by atoms with Crippen molar-refractivity contribution in [2.45, 2.75) is 19.9 Å². The fraction of sp³-hybridized carbons (Fsp3) is 0.318. The molecule has 0 amide bonds. The lowest BCUT2D eigenvalue weighted by molar-refractivity contribution is 0.247. The lowest BCUT2D eigenvalue weighted by Gasteiger charge is -2.44. The first kappa shape index (κ1) is 17.9. The standard InChI is InChI=1S/C22H23N5O2/c1-13-9-27-12-19(24-21(27)14(2)23-13)18-7-15-5-6-16(8-20(15)29-22(18)28)26-10-17(11-26)25(3)4/h5-9,12,17H,10-11H2,1-4H3. The van der Waals surface area contributed by atoms with Gasteiger partial charge >= 0.3 is 5.63 Å². The van der Waals surface area contributed by atoms with Crippen LogP contribution in [0.15, 0.2) is 45.9 Å². The van der Waals surface area contributed by atoms with Crippen LogP contribution >= 0.6 is 0 Å². The Morgan fingerprint density at radius 3 is 2.66 bits per heavy atom. The van der Waals surface area contributed by atoms with Gasteiger partial charge in [-0.1, -0.05) is 0 Å². The van der Waals surface area contributed by atoms with Gasteiger partial charge in [0.05, 0.1) is 22.6 Å². The Hall–Kier alpha value is -3.19. The van der Waals surface area contributed by atoms with Crippen LogP contribution in [0, 0.1) is 13.8 Å². The van der Waals surface area contributed by atoms with Crippen molar-refractivity contribution in [3.63, 3.8) is 0 Å². The summed E-state index contributed by atoms with van der Waals surface area (Å²) in [5.41, 5.74) is 4.83. The van der Waals surface area contributed by atoms with E-state index in [4.69, 9.17) is 4.42 Å². The molecule has 0 aliphatic carbocycles. The van der Waals surface area contributed by atoms with Gasteiger partial charge < -0.3 is 18.6 Å². The fourth-order valence-electron chi connectivity index (χ4n) is 3.90. The van der Waals surface area contributed by atoms with E-state index in [-0.39, 0.29) is 5.63 Å². The number of benzene rings is 1. The molecule has 1 aliphatic heterocycles. The molecule has 3 aromatic heterocycles. The number of aryl methyl sites for hydroxylation is 2. The molecule has 0 spiro atoms. The number of hydrogen-bond acceptors (Lipinski definition) is 6. The van der Waals surface area contributed by atoms with Crippen molar-refractivity contribution in [2.24, 2.45) is 0 Å². The van der Waals surface area contributed by atoms with Crippen molar-refractivity contribution < 1.29 is 4.42 Å². The van der Waals surface area contributed by atoms with Crippen molar-refractivity contribution in [3.8, 4) is 11.3 Å². The number of rotatable bonds is 3. The number of aromatic nitrogens is 3. The number of likely N-dealkylation sites (N-methyl/N-ethyl adjacent to an activating group) is 1. The van der Waals surface area contributed by atoms with Gasteiger partial charge in [-0.15, -0.1) is 0 Å². The van der Waals surface area contributed by atoms with E-state index in [9.17, 15) is 4.79 Å². The molecule has 4 heterocycles. The lowest BCUT2D eigenvalue weighted by Crippen LogP contribution is -2.57. The summed E-state index contributed by atoms with van der Waals surface area (Å²) in [6.07, 6.45) is 3.76. The largest absolute Gasteiger partial charge is 0.422 e. The minimum absolute atomic E-state index is 0.379. The second-order valence-electron chi connectivity index (χ2n) is 8.02. The summed E-state index contributed by atoms with van der Waals surface area (Å²) in [6.45, 7) is 5.82. The summed E-state index contributed by atoms with van der Waals surface area (Å²) in [7, 11) is 4.20. The van der Waals surface area contributed by atoms with E-state index in [0.29, 0.717) is 22.9 Å². The average Bonchev–Trinajstić information content (AvgIpc) is 3.03. The molecule has 0 radical (unpaired) electrons. The highest BCUT2D eigenvalue weighted by atomic mass is 16.4. The van der Waals surface area contributed by atoms with Crippen molar-refractivity contribution in [1.82, 2.24) is 19.3 Å². The predicted molar refractivity (Wildman–Crippen MR) is 114 cm³/mol. The van der Waals surface area contributed by atoms with Crippen molar-refractivity contribution in [1.29, 1.82) is 0 Å². The van der Waals surface area contributed by atoms with Crippen LogP contribution < -0.4 is 10.5 Å². The van der Waals surface area contributed by atoms with Crippen LogP contribution in [-0.4, -0.2) is 52.5 Å². The molecule has 1 aliphatic rings. The first-order valence-corrected chi connectivity index (χ1v) is 9.71. The molecule has 5 rings (SSSR count). The second kappa shape index (κ2) is 6.42. The minimum atomic E-state index is -0.379. The molecule has 148 valence electrons. The summed E-state index contributed by atoms with van der Waals surface area (Å²) in [4.78, 5) is 26.3. The second-order valence-corrected chi connectivity index (χ2v) is 8.02. The highest BCUT2D eigenvalue weighted by molar-refractivity contribution is 5.84. The van der Waals surface area contributed by atoms with Crippen LogP contribution in [0.4, 0.5) is 5.69 Å². The van der Waals surface area contributed by atoms with Crippen LogP contribution in [0.3, 0.4) is 0 Å². The quantitative estimate of drug-likeness (QED) is 0.502.